The minimum atomic E-state index is -0.105. The van der Waals surface area contributed by atoms with E-state index in [2.05, 4.69) is 35.8 Å². The highest BCUT2D eigenvalue weighted by molar-refractivity contribution is 5.59. The summed E-state index contributed by atoms with van der Waals surface area (Å²) in [6, 6.07) is 0. The molecule has 0 atom stereocenters. The Morgan fingerprint density at radius 1 is 1.35 bits per heavy atom. The Morgan fingerprint density at radius 2 is 2.00 bits per heavy atom. The Labute approximate surface area is 119 Å². The molecule has 0 saturated heterocycles. The lowest BCUT2D eigenvalue weighted by Gasteiger charge is -2.17. The highest BCUT2D eigenvalue weighted by Gasteiger charge is 2.24. The normalized spacial score (nSPS) is 11.9. The van der Waals surface area contributed by atoms with Gasteiger partial charge in [-0.2, -0.15) is 5.10 Å². The molecule has 0 aliphatic heterocycles. The Hall–Kier alpha value is -1.91. The molecule has 0 fully saturated rings. The average molecular weight is 274 g/mol. The summed E-state index contributed by atoms with van der Waals surface area (Å²) in [5.41, 5.74) is 3.20. The molecule has 5 heteroatoms. The second-order valence-corrected chi connectivity index (χ2v) is 6.15. The van der Waals surface area contributed by atoms with Crippen LogP contribution < -0.4 is 5.56 Å². The van der Waals surface area contributed by atoms with Crippen molar-refractivity contribution < 1.29 is 0 Å². The van der Waals surface area contributed by atoms with Gasteiger partial charge in [0.25, 0.3) is 5.56 Å². The molecule has 0 aromatic carbocycles. The van der Waals surface area contributed by atoms with Crippen LogP contribution in [0.4, 0.5) is 0 Å². The molecule has 0 spiro atoms. The van der Waals surface area contributed by atoms with Crippen LogP contribution >= 0.6 is 0 Å². The van der Waals surface area contributed by atoms with E-state index in [1.165, 1.54) is 0 Å². The number of hydrogen-bond donors (Lipinski definition) is 1. The monoisotopic (exact) mass is 274 g/mol. The number of nitrogens with zero attached hydrogens (tertiary/aromatic N) is 3. The fourth-order valence-corrected chi connectivity index (χ4v) is 2.37. The van der Waals surface area contributed by atoms with Gasteiger partial charge in [-0.15, -0.1) is 0 Å². The van der Waals surface area contributed by atoms with Crippen molar-refractivity contribution in [1.82, 2.24) is 19.7 Å². The Kier molecular flexibility index (Phi) is 3.54. The molecule has 20 heavy (non-hydrogen) atoms. The Bertz CT molecular complexity index is 689. The van der Waals surface area contributed by atoms with Gasteiger partial charge in [0.1, 0.15) is 5.82 Å². The standard InChI is InChI=1S/C15H22N4O/c1-7-10-9(2)16-13(17-14(10)20)11-8-19(6)18-12(11)15(3,4)5/h8H,7H2,1-6H3,(H,16,17,20). The number of H-pyrrole nitrogens is 1. The Morgan fingerprint density at radius 3 is 2.50 bits per heavy atom. The number of aryl methyl sites for hydroxylation is 2. The lowest BCUT2D eigenvalue weighted by Crippen LogP contribution is -2.18. The van der Waals surface area contributed by atoms with Gasteiger partial charge in [-0.05, 0) is 13.3 Å². The summed E-state index contributed by atoms with van der Waals surface area (Å²) in [5.74, 6) is 0.600. The summed E-state index contributed by atoms with van der Waals surface area (Å²) < 4.78 is 1.76. The smallest absolute Gasteiger partial charge is 0.254 e. The first-order valence-electron chi connectivity index (χ1n) is 6.88. The van der Waals surface area contributed by atoms with Gasteiger partial charge in [-0.25, -0.2) is 4.98 Å². The van der Waals surface area contributed by atoms with Gasteiger partial charge in [-0.1, -0.05) is 27.7 Å². The van der Waals surface area contributed by atoms with Crippen LogP contribution in [0.3, 0.4) is 0 Å². The van der Waals surface area contributed by atoms with Crippen LogP contribution in [0.1, 0.15) is 44.6 Å². The predicted molar refractivity (Wildman–Crippen MR) is 79.9 cm³/mol. The second-order valence-electron chi connectivity index (χ2n) is 6.15. The van der Waals surface area contributed by atoms with Gasteiger partial charge >= 0.3 is 0 Å². The van der Waals surface area contributed by atoms with Crippen LogP contribution in [0.5, 0.6) is 0 Å². The van der Waals surface area contributed by atoms with Gasteiger partial charge in [0.15, 0.2) is 0 Å². The maximum absolute atomic E-state index is 12.1. The quantitative estimate of drug-likeness (QED) is 0.914. The van der Waals surface area contributed by atoms with E-state index in [4.69, 9.17) is 0 Å². The van der Waals surface area contributed by atoms with Crippen LogP contribution in [0.25, 0.3) is 11.4 Å². The topological polar surface area (TPSA) is 63.6 Å². The molecule has 0 bridgehead atoms. The molecular weight excluding hydrogens is 252 g/mol. The maximum atomic E-state index is 12.1. The summed E-state index contributed by atoms with van der Waals surface area (Å²) in [4.78, 5) is 19.6. The van der Waals surface area contributed by atoms with Crippen molar-refractivity contribution in [1.29, 1.82) is 0 Å². The van der Waals surface area contributed by atoms with Gasteiger partial charge < -0.3 is 4.98 Å². The van der Waals surface area contributed by atoms with E-state index >= 15 is 0 Å². The van der Waals surface area contributed by atoms with Crippen molar-refractivity contribution in [2.75, 3.05) is 0 Å². The van der Waals surface area contributed by atoms with Gasteiger partial charge in [0.2, 0.25) is 0 Å². The summed E-state index contributed by atoms with van der Waals surface area (Å²) in [7, 11) is 1.88. The van der Waals surface area contributed by atoms with E-state index in [0.717, 1.165) is 22.5 Å². The molecule has 1 N–H and O–H groups in total. The maximum Gasteiger partial charge on any atom is 0.254 e. The minimum Gasteiger partial charge on any atom is -0.306 e. The van der Waals surface area contributed by atoms with Crippen molar-refractivity contribution in [2.24, 2.45) is 7.05 Å². The van der Waals surface area contributed by atoms with Crippen LogP contribution in [0.15, 0.2) is 11.0 Å². The fourth-order valence-electron chi connectivity index (χ4n) is 2.37. The van der Waals surface area contributed by atoms with Crippen molar-refractivity contribution in [3.05, 3.63) is 33.5 Å². The average Bonchev–Trinajstić information content (AvgIpc) is 2.70. The molecule has 5 nitrogen and oxygen atoms in total. The molecule has 0 saturated carbocycles. The van der Waals surface area contributed by atoms with E-state index in [-0.39, 0.29) is 11.0 Å². The summed E-state index contributed by atoms with van der Waals surface area (Å²) >= 11 is 0. The number of aromatic nitrogens is 4. The third-order valence-corrected chi connectivity index (χ3v) is 3.37. The van der Waals surface area contributed by atoms with E-state index in [0.29, 0.717) is 12.2 Å². The molecule has 2 heterocycles. The van der Waals surface area contributed by atoms with E-state index in [9.17, 15) is 4.79 Å². The SMILES string of the molecule is CCc1c(C)nc(-c2cn(C)nc2C(C)(C)C)[nH]c1=O. The lowest BCUT2D eigenvalue weighted by molar-refractivity contribution is 0.554. The first kappa shape index (κ1) is 14.5. The lowest BCUT2D eigenvalue weighted by atomic mass is 9.89. The van der Waals surface area contributed by atoms with E-state index in [1.54, 1.807) is 4.68 Å². The molecule has 0 radical (unpaired) electrons. The number of nitrogens with one attached hydrogen (secondary N) is 1. The number of rotatable bonds is 2. The number of aromatic amines is 1. The molecule has 0 amide bonds. The van der Waals surface area contributed by atoms with Gasteiger partial charge in [-0.3, -0.25) is 9.48 Å². The van der Waals surface area contributed by atoms with Crippen LogP contribution in [0.2, 0.25) is 0 Å². The van der Waals surface area contributed by atoms with Crippen molar-refractivity contribution >= 4 is 0 Å². The van der Waals surface area contributed by atoms with Crippen molar-refractivity contribution in [2.45, 2.75) is 46.5 Å². The summed E-state index contributed by atoms with van der Waals surface area (Å²) in [6.07, 6.45) is 2.59. The highest BCUT2D eigenvalue weighted by Crippen LogP contribution is 2.29. The zero-order valence-electron chi connectivity index (χ0n) is 13.0. The van der Waals surface area contributed by atoms with Gasteiger partial charge in [0.05, 0.1) is 11.3 Å². The Balaban J connectivity index is 2.67. The second kappa shape index (κ2) is 4.89. The molecule has 0 aliphatic rings. The molecule has 2 rings (SSSR count). The molecule has 2 aromatic heterocycles. The van der Waals surface area contributed by atoms with Crippen LogP contribution in [-0.2, 0) is 18.9 Å². The van der Waals surface area contributed by atoms with E-state index in [1.807, 2.05) is 27.1 Å². The van der Waals surface area contributed by atoms with Gasteiger partial charge in [0, 0.05) is 29.9 Å². The van der Waals surface area contributed by atoms with E-state index < -0.39 is 0 Å². The predicted octanol–water partition coefficient (Wildman–Crippen LogP) is 2.34. The fraction of sp³-hybridized carbons (Fsp3) is 0.533. The zero-order valence-corrected chi connectivity index (χ0v) is 13.0. The van der Waals surface area contributed by atoms with Crippen LogP contribution in [0, 0.1) is 6.92 Å². The molecule has 108 valence electrons. The summed E-state index contributed by atoms with van der Waals surface area (Å²) in [5, 5.41) is 4.51. The first-order chi connectivity index (χ1) is 9.24. The third kappa shape index (κ3) is 2.53. The molecular formula is C15H22N4O. The molecule has 0 unspecified atom stereocenters. The van der Waals surface area contributed by atoms with Crippen molar-refractivity contribution in [3.63, 3.8) is 0 Å². The van der Waals surface area contributed by atoms with Crippen molar-refractivity contribution in [3.8, 4) is 11.4 Å². The first-order valence-corrected chi connectivity index (χ1v) is 6.88. The number of hydrogen-bond acceptors (Lipinski definition) is 3. The highest BCUT2D eigenvalue weighted by atomic mass is 16.1. The van der Waals surface area contributed by atoms with Crippen LogP contribution in [-0.4, -0.2) is 19.7 Å². The minimum absolute atomic E-state index is 0.0567. The molecule has 0 aliphatic carbocycles. The molecule has 2 aromatic rings. The summed E-state index contributed by atoms with van der Waals surface area (Å²) in [6.45, 7) is 10.1. The zero-order chi connectivity index (χ0) is 15.1. The third-order valence-electron chi connectivity index (χ3n) is 3.37. The largest absolute Gasteiger partial charge is 0.306 e.